The van der Waals surface area contributed by atoms with Gasteiger partial charge in [0.15, 0.2) is 0 Å². The third-order valence-electron chi connectivity index (χ3n) is 7.53. The molecule has 1 amide bonds. The molecule has 1 saturated carbocycles. The second kappa shape index (κ2) is 11.7. The second-order valence-electron chi connectivity index (χ2n) is 10.4. The van der Waals surface area contributed by atoms with E-state index in [-0.39, 0.29) is 30.0 Å². The number of carbonyl (C=O) groups excluding carboxylic acids is 1. The zero-order valence-corrected chi connectivity index (χ0v) is 22.6. The smallest absolute Gasteiger partial charge is 0.306 e. The highest BCUT2D eigenvalue weighted by atomic mass is 32.1. The number of carboxylic acid groups (broad SMARTS) is 1. The Morgan fingerprint density at radius 1 is 1.13 bits per heavy atom. The van der Waals surface area contributed by atoms with Crippen molar-refractivity contribution in [3.8, 4) is 16.2 Å². The molecule has 1 saturated heterocycles. The van der Waals surface area contributed by atoms with Gasteiger partial charge in [-0.05, 0) is 80.1 Å². The lowest BCUT2D eigenvalue weighted by atomic mass is 10.0. The van der Waals surface area contributed by atoms with Crippen molar-refractivity contribution in [1.29, 1.82) is 0 Å². The molecule has 0 bridgehead atoms. The SMILES string of the molecule is Cc1ccc(OC2CNC2)cc1C(=O)NC(C)c1cccc(-c2ccc(CN[C@H]3CC[C@@H](C(=O)O)C3)s2)c1. The van der Waals surface area contributed by atoms with Gasteiger partial charge in [0.2, 0.25) is 0 Å². The minimum Gasteiger partial charge on any atom is -0.488 e. The molecule has 8 heteroatoms. The number of carboxylic acids is 1. The Hall–Kier alpha value is -3.20. The van der Waals surface area contributed by atoms with Crippen LogP contribution in [0.15, 0.2) is 54.6 Å². The van der Waals surface area contributed by atoms with Crippen LogP contribution in [0.1, 0.15) is 58.6 Å². The van der Waals surface area contributed by atoms with E-state index in [2.05, 4.69) is 40.2 Å². The molecule has 1 aliphatic carbocycles. The van der Waals surface area contributed by atoms with Gasteiger partial charge in [0, 0.05) is 41.0 Å². The Morgan fingerprint density at radius 2 is 1.97 bits per heavy atom. The fourth-order valence-corrected chi connectivity index (χ4v) is 6.00. The van der Waals surface area contributed by atoms with Crippen LogP contribution in [0.5, 0.6) is 5.75 Å². The second-order valence-corrected chi connectivity index (χ2v) is 11.6. The normalized spacial score (nSPS) is 20.1. The van der Waals surface area contributed by atoms with E-state index in [4.69, 9.17) is 4.74 Å². The molecule has 0 spiro atoms. The van der Waals surface area contributed by atoms with Crippen LogP contribution in [0.2, 0.25) is 0 Å². The summed E-state index contributed by atoms with van der Waals surface area (Å²) in [6.07, 6.45) is 2.53. The predicted octanol–water partition coefficient (Wildman–Crippen LogP) is 4.91. The van der Waals surface area contributed by atoms with Crippen LogP contribution in [-0.2, 0) is 11.3 Å². The zero-order chi connectivity index (χ0) is 26.6. The van der Waals surface area contributed by atoms with Crippen molar-refractivity contribution in [2.75, 3.05) is 13.1 Å². The summed E-state index contributed by atoms with van der Waals surface area (Å²) >= 11 is 1.74. The van der Waals surface area contributed by atoms with Crippen LogP contribution < -0.4 is 20.7 Å². The molecular formula is C30H35N3O4S. The van der Waals surface area contributed by atoms with Gasteiger partial charge in [0.05, 0.1) is 12.0 Å². The number of aliphatic carboxylic acids is 1. The maximum Gasteiger partial charge on any atom is 0.306 e. The fourth-order valence-electron chi connectivity index (χ4n) is 5.04. The monoisotopic (exact) mass is 533 g/mol. The quantitative estimate of drug-likeness (QED) is 0.296. The van der Waals surface area contributed by atoms with Crippen LogP contribution in [0, 0.1) is 12.8 Å². The molecule has 1 unspecified atom stereocenters. The van der Waals surface area contributed by atoms with Crippen LogP contribution in [-0.4, -0.2) is 42.2 Å². The van der Waals surface area contributed by atoms with E-state index in [1.807, 2.05) is 44.2 Å². The van der Waals surface area contributed by atoms with E-state index in [9.17, 15) is 14.7 Å². The molecule has 2 heterocycles. The van der Waals surface area contributed by atoms with E-state index in [1.54, 1.807) is 11.3 Å². The zero-order valence-electron chi connectivity index (χ0n) is 21.8. The number of thiophene rings is 1. The van der Waals surface area contributed by atoms with E-state index in [0.717, 1.165) is 54.9 Å². The van der Waals surface area contributed by atoms with Gasteiger partial charge in [-0.25, -0.2) is 0 Å². The molecular weight excluding hydrogens is 498 g/mol. The molecule has 2 fully saturated rings. The minimum absolute atomic E-state index is 0.112. The van der Waals surface area contributed by atoms with E-state index >= 15 is 0 Å². The first-order valence-electron chi connectivity index (χ1n) is 13.3. The van der Waals surface area contributed by atoms with Crippen LogP contribution in [0.3, 0.4) is 0 Å². The van der Waals surface area contributed by atoms with Crippen LogP contribution >= 0.6 is 11.3 Å². The maximum atomic E-state index is 13.2. The summed E-state index contributed by atoms with van der Waals surface area (Å²) in [5, 5.41) is 19.1. The van der Waals surface area contributed by atoms with E-state index < -0.39 is 5.97 Å². The van der Waals surface area contributed by atoms with Gasteiger partial charge < -0.3 is 25.8 Å². The van der Waals surface area contributed by atoms with Crippen molar-refractivity contribution in [1.82, 2.24) is 16.0 Å². The Kier molecular flexibility index (Phi) is 8.12. The maximum absolute atomic E-state index is 13.2. The molecule has 200 valence electrons. The molecule has 3 atom stereocenters. The lowest BCUT2D eigenvalue weighted by Gasteiger charge is -2.28. The summed E-state index contributed by atoms with van der Waals surface area (Å²) in [5.74, 6) is -0.293. The number of ether oxygens (including phenoxy) is 1. The number of hydrogen-bond donors (Lipinski definition) is 4. The highest BCUT2D eigenvalue weighted by Crippen LogP contribution is 2.31. The number of hydrogen-bond acceptors (Lipinski definition) is 6. The molecule has 5 rings (SSSR count). The number of amides is 1. The molecule has 1 aliphatic heterocycles. The average Bonchev–Trinajstić information content (AvgIpc) is 3.56. The Bertz CT molecular complexity index is 1300. The van der Waals surface area contributed by atoms with Crippen molar-refractivity contribution >= 4 is 23.2 Å². The first kappa shape index (κ1) is 26.4. The highest BCUT2D eigenvalue weighted by molar-refractivity contribution is 7.15. The highest BCUT2D eigenvalue weighted by Gasteiger charge is 2.29. The third-order valence-corrected chi connectivity index (χ3v) is 8.66. The summed E-state index contributed by atoms with van der Waals surface area (Å²) in [7, 11) is 0. The van der Waals surface area contributed by atoms with Crippen molar-refractivity contribution in [3.63, 3.8) is 0 Å². The number of nitrogens with one attached hydrogen (secondary N) is 3. The predicted molar refractivity (Wildman–Crippen MR) is 150 cm³/mol. The van der Waals surface area contributed by atoms with Gasteiger partial charge in [-0.3, -0.25) is 9.59 Å². The molecule has 2 aliphatic rings. The summed E-state index contributed by atoms with van der Waals surface area (Å²) < 4.78 is 5.94. The van der Waals surface area contributed by atoms with Gasteiger partial charge in [0.25, 0.3) is 5.91 Å². The number of benzene rings is 2. The molecule has 4 N–H and O–H groups in total. The number of rotatable bonds is 10. The Morgan fingerprint density at radius 3 is 2.71 bits per heavy atom. The molecule has 3 aromatic rings. The summed E-state index contributed by atoms with van der Waals surface area (Å²) in [6, 6.07) is 18.4. The Balaban J connectivity index is 1.20. The minimum atomic E-state index is -0.683. The number of carbonyl (C=O) groups is 2. The van der Waals surface area contributed by atoms with E-state index in [0.29, 0.717) is 12.0 Å². The lowest BCUT2D eigenvalue weighted by molar-refractivity contribution is -0.141. The first-order valence-corrected chi connectivity index (χ1v) is 14.1. The molecule has 2 aromatic carbocycles. The van der Waals surface area contributed by atoms with Gasteiger partial charge in [-0.2, -0.15) is 0 Å². The average molecular weight is 534 g/mol. The molecule has 0 radical (unpaired) electrons. The van der Waals surface area contributed by atoms with Crippen molar-refractivity contribution in [3.05, 3.63) is 76.2 Å². The topological polar surface area (TPSA) is 99.7 Å². The van der Waals surface area contributed by atoms with E-state index in [1.165, 1.54) is 9.75 Å². The van der Waals surface area contributed by atoms with Gasteiger partial charge >= 0.3 is 5.97 Å². The standard InChI is InChI=1S/C30H35N3O4S/c1-18-6-9-24(37-25-15-31-16-25)14-27(18)29(34)33-19(2)20-4-3-5-21(12-20)28-11-10-26(38-28)17-32-23-8-7-22(13-23)30(35)36/h3-6,9-12,14,19,22-23,25,31-32H,7-8,13,15-17H2,1-2H3,(H,33,34)(H,35,36)/t19?,22-,23+/m1/s1. The third kappa shape index (κ3) is 6.26. The Labute approximate surface area is 227 Å². The summed E-state index contributed by atoms with van der Waals surface area (Å²) in [5.41, 5.74) is 3.70. The fraction of sp³-hybridized carbons (Fsp3) is 0.400. The van der Waals surface area contributed by atoms with Gasteiger partial charge in [-0.1, -0.05) is 24.3 Å². The first-order chi connectivity index (χ1) is 18.4. The summed E-state index contributed by atoms with van der Waals surface area (Å²) in [6.45, 7) is 6.35. The molecule has 38 heavy (non-hydrogen) atoms. The number of aryl methyl sites for hydroxylation is 1. The van der Waals surface area contributed by atoms with Gasteiger partial charge in [0.1, 0.15) is 11.9 Å². The lowest BCUT2D eigenvalue weighted by Crippen LogP contribution is -2.50. The van der Waals surface area contributed by atoms with Crippen molar-refractivity contribution < 1.29 is 19.4 Å². The largest absolute Gasteiger partial charge is 0.488 e. The summed E-state index contributed by atoms with van der Waals surface area (Å²) in [4.78, 5) is 26.8. The van der Waals surface area contributed by atoms with Crippen LogP contribution in [0.25, 0.3) is 10.4 Å². The molecule has 7 nitrogen and oxygen atoms in total. The molecule has 1 aromatic heterocycles. The van der Waals surface area contributed by atoms with Crippen LogP contribution in [0.4, 0.5) is 0 Å². The van der Waals surface area contributed by atoms with Gasteiger partial charge in [-0.15, -0.1) is 11.3 Å². The van der Waals surface area contributed by atoms with Crippen molar-refractivity contribution in [2.24, 2.45) is 5.92 Å². The van der Waals surface area contributed by atoms with Crippen molar-refractivity contribution in [2.45, 2.75) is 57.8 Å².